The van der Waals surface area contributed by atoms with Crippen LogP contribution in [0.4, 0.5) is 9.52 Å². The maximum atomic E-state index is 13.0. The molecule has 17 heavy (non-hydrogen) atoms. The van der Waals surface area contributed by atoms with Gasteiger partial charge in [0.05, 0.1) is 16.8 Å². The van der Waals surface area contributed by atoms with Crippen molar-refractivity contribution in [2.75, 3.05) is 25.6 Å². The van der Waals surface area contributed by atoms with Crippen LogP contribution in [-0.4, -0.2) is 25.2 Å². The third-order valence-corrected chi connectivity index (χ3v) is 3.40. The molecule has 0 bridgehead atoms. The molecule has 0 aliphatic heterocycles. The molecule has 2 rings (SSSR count). The topological polar surface area (TPSA) is 34.1 Å². The van der Waals surface area contributed by atoms with Crippen LogP contribution < -0.4 is 5.32 Å². The number of anilines is 1. The summed E-state index contributed by atoms with van der Waals surface area (Å²) < 4.78 is 19.0. The number of hydrogen-bond acceptors (Lipinski definition) is 4. The lowest BCUT2D eigenvalue weighted by atomic mass is 10.2. The Hall–Kier alpha value is -1.20. The fourth-order valence-electron chi connectivity index (χ4n) is 1.58. The van der Waals surface area contributed by atoms with Crippen LogP contribution in [0.25, 0.3) is 10.2 Å². The van der Waals surface area contributed by atoms with Crippen LogP contribution in [0.5, 0.6) is 0 Å². The average molecular weight is 254 g/mol. The van der Waals surface area contributed by atoms with Gasteiger partial charge in [0.15, 0.2) is 5.13 Å². The van der Waals surface area contributed by atoms with E-state index in [4.69, 9.17) is 4.74 Å². The van der Waals surface area contributed by atoms with Gasteiger partial charge in [0, 0.05) is 19.7 Å². The quantitative estimate of drug-likeness (QED) is 0.890. The normalized spacial score (nSPS) is 12.9. The Kier molecular flexibility index (Phi) is 3.91. The molecule has 0 fully saturated rings. The summed E-state index contributed by atoms with van der Waals surface area (Å²) in [5, 5.41) is 4.07. The van der Waals surface area contributed by atoms with E-state index in [9.17, 15) is 4.39 Å². The second-order valence-electron chi connectivity index (χ2n) is 4.07. The third-order valence-electron chi connectivity index (χ3n) is 2.40. The number of thiazole rings is 1. The van der Waals surface area contributed by atoms with Crippen molar-refractivity contribution < 1.29 is 9.13 Å². The zero-order chi connectivity index (χ0) is 12.3. The summed E-state index contributed by atoms with van der Waals surface area (Å²) in [5.74, 6) is 0.172. The van der Waals surface area contributed by atoms with Gasteiger partial charge in [-0.3, -0.25) is 0 Å². The van der Waals surface area contributed by atoms with E-state index in [1.807, 2.05) is 0 Å². The van der Waals surface area contributed by atoms with E-state index >= 15 is 0 Å². The molecule has 0 spiro atoms. The van der Waals surface area contributed by atoms with Crippen LogP contribution in [-0.2, 0) is 4.74 Å². The minimum Gasteiger partial charge on any atom is -0.384 e. The number of methoxy groups -OCH3 is 1. The third kappa shape index (κ3) is 3.14. The molecule has 1 aromatic carbocycles. The highest BCUT2D eigenvalue weighted by Gasteiger charge is 2.06. The smallest absolute Gasteiger partial charge is 0.183 e. The molecule has 1 heterocycles. The Labute approximate surface area is 104 Å². The monoisotopic (exact) mass is 254 g/mol. The molecule has 0 saturated carbocycles. The molecule has 0 amide bonds. The molecular formula is C12H15FN2OS. The SMILES string of the molecule is COCC(C)CNc1nc2cc(F)ccc2s1. The largest absolute Gasteiger partial charge is 0.384 e. The number of fused-ring (bicyclic) bond motifs is 1. The molecular weight excluding hydrogens is 239 g/mol. The number of halogens is 1. The first-order chi connectivity index (χ1) is 8.19. The Morgan fingerprint density at radius 2 is 2.35 bits per heavy atom. The van der Waals surface area contributed by atoms with E-state index in [2.05, 4.69) is 17.2 Å². The molecule has 92 valence electrons. The van der Waals surface area contributed by atoms with E-state index < -0.39 is 0 Å². The summed E-state index contributed by atoms with van der Waals surface area (Å²) in [6.45, 7) is 3.62. The maximum Gasteiger partial charge on any atom is 0.183 e. The summed E-state index contributed by atoms with van der Waals surface area (Å²) in [4.78, 5) is 4.33. The lowest BCUT2D eigenvalue weighted by Gasteiger charge is -2.09. The summed E-state index contributed by atoms with van der Waals surface area (Å²) in [5.41, 5.74) is 0.705. The van der Waals surface area contributed by atoms with Gasteiger partial charge in [0.1, 0.15) is 5.82 Å². The molecule has 0 aliphatic carbocycles. The standard InChI is InChI=1S/C12H15FN2OS/c1-8(7-16-2)6-14-12-15-10-5-9(13)3-4-11(10)17-12/h3-5,8H,6-7H2,1-2H3,(H,14,15). The zero-order valence-corrected chi connectivity index (χ0v) is 10.7. The number of nitrogens with zero attached hydrogens (tertiary/aromatic N) is 1. The fraction of sp³-hybridized carbons (Fsp3) is 0.417. The van der Waals surface area contributed by atoms with Crippen LogP contribution in [0.1, 0.15) is 6.92 Å². The van der Waals surface area contributed by atoms with Gasteiger partial charge in [-0.25, -0.2) is 9.37 Å². The van der Waals surface area contributed by atoms with Gasteiger partial charge in [0.25, 0.3) is 0 Å². The predicted molar refractivity (Wildman–Crippen MR) is 69.1 cm³/mol. The summed E-state index contributed by atoms with van der Waals surface area (Å²) in [6.07, 6.45) is 0. The highest BCUT2D eigenvalue weighted by atomic mass is 32.1. The average Bonchev–Trinajstić information content (AvgIpc) is 2.68. The molecule has 0 saturated heterocycles. The molecule has 0 aliphatic rings. The Balaban J connectivity index is 2.04. The molecule has 0 radical (unpaired) electrons. The van der Waals surface area contributed by atoms with E-state index in [1.165, 1.54) is 23.5 Å². The van der Waals surface area contributed by atoms with Crippen LogP contribution >= 0.6 is 11.3 Å². The molecule has 1 atom stereocenters. The highest BCUT2D eigenvalue weighted by molar-refractivity contribution is 7.22. The van der Waals surface area contributed by atoms with E-state index in [0.29, 0.717) is 18.0 Å². The molecule has 1 aromatic heterocycles. The molecule has 2 aromatic rings. The van der Waals surface area contributed by atoms with Crippen molar-refractivity contribution in [3.05, 3.63) is 24.0 Å². The molecule has 1 unspecified atom stereocenters. The van der Waals surface area contributed by atoms with Crippen molar-refractivity contribution in [1.82, 2.24) is 4.98 Å². The van der Waals surface area contributed by atoms with E-state index in [0.717, 1.165) is 16.4 Å². The maximum absolute atomic E-state index is 13.0. The lowest BCUT2D eigenvalue weighted by molar-refractivity contribution is 0.164. The van der Waals surface area contributed by atoms with Gasteiger partial charge in [-0.15, -0.1) is 0 Å². The Bertz CT molecular complexity index is 500. The molecule has 5 heteroatoms. The first-order valence-corrected chi connectivity index (χ1v) is 6.29. The minimum atomic E-state index is -0.248. The summed E-state index contributed by atoms with van der Waals surface area (Å²) in [6, 6.07) is 4.67. The van der Waals surface area contributed by atoms with Gasteiger partial charge in [0.2, 0.25) is 0 Å². The second kappa shape index (κ2) is 5.42. The first kappa shape index (κ1) is 12.3. The summed E-state index contributed by atoms with van der Waals surface area (Å²) in [7, 11) is 1.69. The van der Waals surface area contributed by atoms with Crippen molar-refractivity contribution in [3.8, 4) is 0 Å². The van der Waals surface area contributed by atoms with E-state index in [-0.39, 0.29) is 5.82 Å². The van der Waals surface area contributed by atoms with E-state index in [1.54, 1.807) is 13.2 Å². The van der Waals surface area contributed by atoms with Crippen molar-refractivity contribution in [1.29, 1.82) is 0 Å². The van der Waals surface area contributed by atoms with Gasteiger partial charge in [-0.1, -0.05) is 18.3 Å². The van der Waals surface area contributed by atoms with Crippen molar-refractivity contribution >= 4 is 26.7 Å². The van der Waals surface area contributed by atoms with Gasteiger partial charge in [-0.05, 0) is 18.1 Å². The number of hydrogen-bond donors (Lipinski definition) is 1. The molecule has 3 nitrogen and oxygen atoms in total. The fourth-order valence-corrected chi connectivity index (χ4v) is 2.43. The number of nitrogens with one attached hydrogen (secondary N) is 1. The highest BCUT2D eigenvalue weighted by Crippen LogP contribution is 2.26. The van der Waals surface area contributed by atoms with Crippen LogP contribution in [0, 0.1) is 11.7 Å². The van der Waals surface area contributed by atoms with Crippen molar-refractivity contribution in [2.24, 2.45) is 5.92 Å². The van der Waals surface area contributed by atoms with Gasteiger partial charge >= 0.3 is 0 Å². The second-order valence-corrected chi connectivity index (χ2v) is 5.10. The first-order valence-electron chi connectivity index (χ1n) is 5.48. The minimum absolute atomic E-state index is 0.248. The molecule has 1 N–H and O–H groups in total. The lowest BCUT2D eigenvalue weighted by Crippen LogP contribution is -2.15. The Morgan fingerprint density at radius 3 is 3.12 bits per heavy atom. The van der Waals surface area contributed by atoms with Crippen molar-refractivity contribution in [3.63, 3.8) is 0 Å². The van der Waals surface area contributed by atoms with Gasteiger partial charge < -0.3 is 10.1 Å². The number of ether oxygens (including phenoxy) is 1. The van der Waals surface area contributed by atoms with Crippen LogP contribution in [0.15, 0.2) is 18.2 Å². The summed E-state index contributed by atoms with van der Waals surface area (Å²) >= 11 is 1.54. The van der Waals surface area contributed by atoms with Crippen molar-refractivity contribution in [2.45, 2.75) is 6.92 Å². The number of benzene rings is 1. The number of aromatic nitrogens is 1. The Morgan fingerprint density at radius 1 is 1.53 bits per heavy atom. The van der Waals surface area contributed by atoms with Crippen LogP contribution in [0.2, 0.25) is 0 Å². The zero-order valence-electron chi connectivity index (χ0n) is 9.87. The predicted octanol–water partition coefficient (Wildman–Crippen LogP) is 3.13. The number of rotatable bonds is 5. The van der Waals surface area contributed by atoms with Gasteiger partial charge in [-0.2, -0.15) is 0 Å². The van der Waals surface area contributed by atoms with Crippen LogP contribution in [0.3, 0.4) is 0 Å².